The number of benzene rings is 1. The van der Waals surface area contributed by atoms with Crippen molar-refractivity contribution < 1.29 is 19.0 Å². The second-order valence-corrected chi connectivity index (χ2v) is 8.33. The largest absolute Gasteiger partial charge is 0.497 e. The third kappa shape index (κ3) is 5.19. The number of ether oxygens (including phenoxy) is 3. The highest BCUT2D eigenvalue weighted by molar-refractivity contribution is 5.77. The molecule has 1 saturated carbocycles. The van der Waals surface area contributed by atoms with Gasteiger partial charge in [0.2, 0.25) is 5.88 Å². The zero-order valence-electron chi connectivity index (χ0n) is 17.9. The van der Waals surface area contributed by atoms with Crippen molar-refractivity contribution in [3.63, 3.8) is 0 Å². The Balaban J connectivity index is 1.47. The lowest BCUT2D eigenvalue weighted by atomic mass is 10.1. The summed E-state index contributed by atoms with van der Waals surface area (Å²) in [6.07, 6.45) is 9.02. The number of aryl methyl sites for hydroxylation is 1. The van der Waals surface area contributed by atoms with E-state index in [0.717, 1.165) is 41.2 Å². The van der Waals surface area contributed by atoms with Gasteiger partial charge >= 0.3 is 5.97 Å². The molecule has 7 heteroatoms. The first-order chi connectivity index (χ1) is 14.7. The Morgan fingerprint density at radius 3 is 2.77 bits per heavy atom. The van der Waals surface area contributed by atoms with E-state index in [1.807, 2.05) is 18.2 Å². The highest BCUT2D eigenvalue weighted by atomic mass is 16.5. The maximum atomic E-state index is 11.8. The Hall–Kier alpha value is -2.41. The molecule has 0 spiro atoms. The van der Waals surface area contributed by atoms with Crippen LogP contribution in [0.2, 0.25) is 0 Å². The Morgan fingerprint density at radius 1 is 1.13 bits per heavy atom. The zero-order valence-corrected chi connectivity index (χ0v) is 17.9. The van der Waals surface area contributed by atoms with Gasteiger partial charge in [-0.15, -0.1) is 0 Å². The molecule has 2 fully saturated rings. The van der Waals surface area contributed by atoms with Gasteiger partial charge in [-0.05, 0) is 30.9 Å². The molecule has 1 N–H and O–H groups in total. The van der Waals surface area contributed by atoms with E-state index in [0.29, 0.717) is 18.8 Å². The molecule has 2 heterocycles. The average Bonchev–Trinajstić information content (AvgIpc) is 3.48. The molecular weight excluding hydrogens is 382 g/mol. The standard InChI is InChI=1S/C23H31N3O4/c1-28-16-10-11-18-20(12-16)26-22(30-17-13-21(24-14-17)23(27)29-2)19(25-18)7-5-3-4-6-15-8-9-15/h10-12,15,17,21,24H,3-9,13-14H2,1-2H3. The van der Waals surface area contributed by atoms with Crippen LogP contribution in [0.3, 0.4) is 0 Å². The molecule has 1 aliphatic heterocycles. The van der Waals surface area contributed by atoms with E-state index < -0.39 is 0 Å². The van der Waals surface area contributed by atoms with Crippen LogP contribution in [-0.4, -0.2) is 48.8 Å². The van der Waals surface area contributed by atoms with E-state index in [1.54, 1.807) is 7.11 Å². The van der Waals surface area contributed by atoms with Crippen LogP contribution in [0.25, 0.3) is 11.0 Å². The Labute approximate surface area is 177 Å². The second-order valence-electron chi connectivity index (χ2n) is 8.33. The van der Waals surface area contributed by atoms with Crippen LogP contribution in [0.4, 0.5) is 0 Å². The highest BCUT2D eigenvalue weighted by Gasteiger charge is 2.32. The van der Waals surface area contributed by atoms with Crippen molar-refractivity contribution in [2.24, 2.45) is 5.92 Å². The summed E-state index contributed by atoms with van der Waals surface area (Å²) in [7, 11) is 3.04. The fourth-order valence-corrected chi connectivity index (χ4v) is 4.02. The molecule has 7 nitrogen and oxygen atoms in total. The van der Waals surface area contributed by atoms with Crippen molar-refractivity contribution >= 4 is 17.0 Å². The lowest BCUT2D eigenvalue weighted by Gasteiger charge is -2.16. The van der Waals surface area contributed by atoms with Gasteiger partial charge in [-0.1, -0.05) is 32.1 Å². The number of rotatable bonds is 10. The molecule has 0 bridgehead atoms. The molecule has 1 saturated heterocycles. The molecule has 1 aromatic carbocycles. The molecule has 1 aromatic heterocycles. The smallest absolute Gasteiger partial charge is 0.323 e. The predicted molar refractivity (Wildman–Crippen MR) is 114 cm³/mol. The van der Waals surface area contributed by atoms with E-state index in [2.05, 4.69) is 5.32 Å². The number of carbonyl (C=O) groups excluding carboxylic acids is 1. The summed E-state index contributed by atoms with van der Waals surface area (Å²) in [5, 5.41) is 3.16. The molecule has 2 aromatic rings. The fourth-order valence-electron chi connectivity index (χ4n) is 4.02. The number of unbranched alkanes of at least 4 members (excludes halogenated alkanes) is 2. The predicted octanol–water partition coefficient (Wildman–Crippen LogP) is 3.43. The molecule has 4 rings (SSSR count). The normalized spacial score (nSPS) is 21.0. The number of aromatic nitrogens is 2. The number of methoxy groups -OCH3 is 2. The minimum absolute atomic E-state index is 0.139. The van der Waals surface area contributed by atoms with Gasteiger partial charge in [-0.2, -0.15) is 0 Å². The minimum atomic E-state index is -0.334. The quantitative estimate of drug-likeness (QED) is 0.472. The summed E-state index contributed by atoms with van der Waals surface area (Å²) in [6, 6.07) is 5.38. The van der Waals surface area contributed by atoms with Crippen molar-refractivity contribution in [1.82, 2.24) is 15.3 Å². The van der Waals surface area contributed by atoms with Gasteiger partial charge in [-0.3, -0.25) is 4.79 Å². The topological polar surface area (TPSA) is 82.6 Å². The van der Waals surface area contributed by atoms with Gasteiger partial charge in [0.05, 0.1) is 25.3 Å². The maximum Gasteiger partial charge on any atom is 0.323 e. The summed E-state index contributed by atoms with van der Waals surface area (Å²) in [6.45, 7) is 0.582. The molecule has 0 amide bonds. The molecular formula is C23H31N3O4. The minimum Gasteiger partial charge on any atom is -0.497 e. The monoisotopic (exact) mass is 413 g/mol. The van der Waals surface area contributed by atoms with Crippen molar-refractivity contribution in [3.8, 4) is 11.6 Å². The SMILES string of the molecule is COC(=O)C1CC(Oc2nc3cc(OC)ccc3nc2CCCCCC2CC2)CN1. The van der Waals surface area contributed by atoms with Gasteiger partial charge in [-0.25, -0.2) is 9.97 Å². The van der Waals surface area contributed by atoms with Gasteiger partial charge in [0.25, 0.3) is 0 Å². The second kappa shape index (κ2) is 9.60. The molecule has 2 unspecified atom stereocenters. The van der Waals surface area contributed by atoms with E-state index in [-0.39, 0.29) is 18.1 Å². The van der Waals surface area contributed by atoms with Crippen LogP contribution in [0, 0.1) is 5.92 Å². The molecule has 2 atom stereocenters. The number of nitrogens with one attached hydrogen (secondary N) is 1. The average molecular weight is 414 g/mol. The summed E-state index contributed by atoms with van der Waals surface area (Å²) in [4.78, 5) is 21.4. The molecule has 30 heavy (non-hydrogen) atoms. The van der Waals surface area contributed by atoms with E-state index in [9.17, 15) is 4.79 Å². The van der Waals surface area contributed by atoms with Crippen LogP contribution in [0.15, 0.2) is 18.2 Å². The Morgan fingerprint density at radius 2 is 2.00 bits per heavy atom. The van der Waals surface area contributed by atoms with Crippen molar-refractivity contribution in [2.45, 2.75) is 63.5 Å². The van der Waals surface area contributed by atoms with Gasteiger partial charge in [0, 0.05) is 19.0 Å². The number of hydrogen-bond donors (Lipinski definition) is 1. The third-order valence-corrected chi connectivity index (χ3v) is 5.98. The first-order valence-electron chi connectivity index (χ1n) is 11.0. The first kappa shape index (κ1) is 20.8. The van der Waals surface area contributed by atoms with Crippen molar-refractivity contribution in [2.75, 3.05) is 20.8 Å². The van der Waals surface area contributed by atoms with Gasteiger partial charge in [0.1, 0.15) is 23.6 Å². The lowest BCUT2D eigenvalue weighted by Crippen LogP contribution is -2.31. The zero-order chi connectivity index (χ0) is 20.9. The van der Waals surface area contributed by atoms with Crippen LogP contribution < -0.4 is 14.8 Å². The summed E-state index contributed by atoms with van der Waals surface area (Å²) < 4.78 is 16.4. The maximum absolute atomic E-state index is 11.8. The molecule has 162 valence electrons. The number of nitrogens with zero attached hydrogens (tertiary/aromatic N) is 2. The Bertz CT molecular complexity index is 884. The van der Waals surface area contributed by atoms with Crippen LogP contribution in [-0.2, 0) is 16.0 Å². The van der Waals surface area contributed by atoms with Crippen molar-refractivity contribution in [1.29, 1.82) is 0 Å². The van der Waals surface area contributed by atoms with E-state index >= 15 is 0 Å². The number of hydrogen-bond acceptors (Lipinski definition) is 7. The van der Waals surface area contributed by atoms with Crippen LogP contribution in [0.5, 0.6) is 11.6 Å². The van der Waals surface area contributed by atoms with Gasteiger partial charge in [0.15, 0.2) is 0 Å². The third-order valence-electron chi connectivity index (χ3n) is 5.98. The summed E-state index contributed by atoms with van der Waals surface area (Å²) in [5.74, 6) is 2.03. The number of esters is 1. The molecule has 1 aliphatic carbocycles. The van der Waals surface area contributed by atoms with E-state index in [1.165, 1.54) is 39.2 Å². The van der Waals surface area contributed by atoms with Crippen LogP contribution in [0.1, 0.15) is 50.6 Å². The van der Waals surface area contributed by atoms with Crippen molar-refractivity contribution in [3.05, 3.63) is 23.9 Å². The summed E-state index contributed by atoms with van der Waals surface area (Å²) in [5.41, 5.74) is 2.48. The Kier molecular flexibility index (Phi) is 6.67. The summed E-state index contributed by atoms with van der Waals surface area (Å²) >= 11 is 0. The fraction of sp³-hybridized carbons (Fsp3) is 0.609. The highest BCUT2D eigenvalue weighted by Crippen LogP contribution is 2.34. The number of fused-ring (bicyclic) bond motifs is 1. The molecule has 2 aliphatic rings. The van der Waals surface area contributed by atoms with Crippen LogP contribution >= 0.6 is 0 Å². The van der Waals surface area contributed by atoms with Gasteiger partial charge < -0.3 is 19.5 Å². The number of carbonyl (C=O) groups is 1. The first-order valence-corrected chi connectivity index (χ1v) is 11.0. The molecule has 0 radical (unpaired) electrons. The van der Waals surface area contributed by atoms with E-state index in [4.69, 9.17) is 24.2 Å². The lowest BCUT2D eigenvalue weighted by molar-refractivity contribution is -0.142.